The van der Waals surface area contributed by atoms with E-state index in [-0.39, 0.29) is 6.54 Å². The summed E-state index contributed by atoms with van der Waals surface area (Å²) in [6, 6.07) is 0.835. The smallest absolute Gasteiger partial charge is 0.317 e. The zero-order chi connectivity index (χ0) is 11.4. The summed E-state index contributed by atoms with van der Waals surface area (Å²) in [6.07, 6.45) is 2.43. The number of carbonyl (C=O) groups is 1. The van der Waals surface area contributed by atoms with Gasteiger partial charge in [0.2, 0.25) is 0 Å². The maximum atomic E-state index is 10.7. The van der Waals surface area contributed by atoms with Crippen molar-refractivity contribution in [1.29, 1.82) is 0 Å². The summed E-state index contributed by atoms with van der Waals surface area (Å²) in [4.78, 5) is 15.1. The van der Waals surface area contributed by atoms with Gasteiger partial charge in [-0.15, -0.1) is 0 Å². The molecule has 1 saturated heterocycles. The fraction of sp³-hybridized carbons (Fsp3) is 0.909. The molecule has 0 aliphatic carbocycles. The Kier molecular flexibility index (Phi) is 4.54. The topological polar surface area (TPSA) is 43.8 Å². The van der Waals surface area contributed by atoms with Crippen molar-refractivity contribution in [3.05, 3.63) is 0 Å². The molecule has 1 fully saturated rings. The van der Waals surface area contributed by atoms with Crippen LogP contribution in [0, 0.1) is 0 Å². The summed E-state index contributed by atoms with van der Waals surface area (Å²) in [5.41, 5.74) is 0. The Balaban J connectivity index is 2.46. The van der Waals surface area contributed by atoms with Gasteiger partial charge in [-0.05, 0) is 40.3 Å². The third-order valence-electron chi connectivity index (χ3n) is 3.19. The van der Waals surface area contributed by atoms with Crippen LogP contribution in [0.4, 0.5) is 0 Å². The van der Waals surface area contributed by atoms with Gasteiger partial charge in [-0.3, -0.25) is 9.69 Å². The van der Waals surface area contributed by atoms with Gasteiger partial charge in [0.05, 0.1) is 6.54 Å². The molecule has 0 aromatic heterocycles. The van der Waals surface area contributed by atoms with E-state index in [0.717, 1.165) is 13.1 Å². The Bertz CT molecular complexity index is 219. The van der Waals surface area contributed by atoms with Gasteiger partial charge in [0.15, 0.2) is 0 Å². The average molecular weight is 214 g/mol. The first-order chi connectivity index (χ1) is 7.00. The van der Waals surface area contributed by atoms with E-state index in [1.54, 1.807) is 0 Å². The second-order valence-corrected chi connectivity index (χ2v) is 4.69. The molecule has 0 spiro atoms. The number of hydrogen-bond donors (Lipinski definition) is 1. The lowest BCUT2D eigenvalue weighted by atomic mass is 10.2. The maximum Gasteiger partial charge on any atom is 0.317 e. The minimum Gasteiger partial charge on any atom is -0.480 e. The first-order valence-electron chi connectivity index (χ1n) is 5.66. The third-order valence-corrected chi connectivity index (χ3v) is 3.19. The predicted octanol–water partition coefficient (Wildman–Crippen LogP) is 0.876. The van der Waals surface area contributed by atoms with Gasteiger partial charge in [0, 0.05) is 18.6 Å². The maximum absolute atomic E-state index is 10.7. The molecule has 0 aromatic rings. The summed E-state index contributed by atoms with van der Waals surface area (Å²) in [7, 11) is 2.12. The van der Waals surface area contributed by atoms with E-state index in [4.69, 9.17) is 5.11 Å². The van der Waals surface area contributed by atoms with Crippen molar-refractivity contribution < 1.29 is 9.90 Å². The number of carboxylic acid groups (broad SMARTS) is 1. The van der Waals surface area contributed by atoms with Crippen LogP contribution in [-0.2, 0) is 4.79 Å². The molecule has 0 saturated carbocycles. The minimum atomic E-state index is -0.732. The Morgan fingerprint density at radius 3 is 2.67 bits per heavy atom. The summed E-state index contributed by atoms with van der Waals surface area (Å²) in [5, 5.41) is 8.82. The van der Waals surface area contributed by atoms with Crippen LogP contribution in [0.15, 0.2) is 0 Å². The normalized spacial score (nSPS) is 22.9. The highest BCUT2D eigenvalue weighted by Gasteiger charge is 2.25. The molecule has 1 aliphatic rings. The van der Waals surface area contributed by atoms with Crippen LogP contribution < -0.4 is 0 Å². The Morgan fingerprint density at radius 2 is 2.27 bits per heavy atom. The lowest BCUT2D eigenvalue weighted by Crippen LogP contribution is -2.44. The van der Waals surface area contributed by atoms with Crippen molar-refractivity contribution in [2.24, 2.45) is 0 Å². The summed E-state index contributed by atoms with van der Waals surface area (Å²) >= 11 is 0. The van der Waals surface area contributed by atoms with E-state index in [0.29, 0.717) is 12.1 Å². The Labute approximate surface area is 91.9 Å². The zero-order valence-electron chi connectivity index (χ0n) is 9.94. The van der Waals surface area contributed by atoms with E-state index in [2.05, 4.69) is 25.8 Å². The molecule has 88 valence electrons. The molecule has 0 unspecified atom stereocenters. The first kappa shape index (κ1) is 12.5. The number of nitrogens with zero attached hydrogens (tertiary/aromatic N) is 2. The molecule has 1 atom stereocenters. The summed E-state index contributed by atoms with van der Waals surface area (Å²) in [6.45, 7) is 6.28. The quantitative estimate of drug-likeness (QED) is 0.737. The molecule has 4 heteroatoms. The van der Waals surface area contributed by atoms with Crippen molar-refractivity contribution in [3.8, 4) is 0 Å². The molecule has 1 rings (SSSR count). The number of carboxylic acids is 1. The van der Waals surface area contributed by atoms with Crippen molar-refractivity contribution in [2.75, 3.05) is 26.7 Å². The van der Waals surface area contributed by atoms with Crippen molar-refractivity contribution in [1.82, 2.24) is 9.80 Å². The van der Waals surface area contributed by atoms with Crippen LogP contribution in [-0.4, -0.2) is 59.6 Å². The molecule has 15 heavy (non-hydrogen) atoms. The highest BCUT2D eigenvalue weighted by Crippen LogP contribution is 2.16. The second-order valence-electron chi connectivity index (χ2n) is 4.69. The summed E-state index contributed by atoms with van der Waals surface area (Å²) in [5.74, 6) is -0.732. The fourth-order valence-electron chi connectivity index (χ4n) is 2.11. The molecule has 1 N–H and O–H groups in total. The predicted molar refractivity (Wildman–Crippen MR) is 60.0 cm³/mol. The van der Waals surface area contributed by atoms with E-state index >= 15 is 0 Å². The van der Waals surface area contributed by atoms with Crippen molar-refractivity contribution >= 4 is 5.97 Å². The molecule has 0 radical (unpaired) electrons. The monoisotopic (exact) mass is 214 g/mol. The van der Waals surface area contributed by atoms with Crippen LogP contribution in [0.25, 0.3) is 0 Å². The van der Waals surface area contributed by atoms with Crippen LogP contribution in [0.3, 0.4) is 0 Å². The van der Waals surface area contributed by atoms with Gasteiger partial charge >= 0.3 is 5.97 Å². The number of hydrogen-bond acceptors (Lipinski definition) is 3. The molecule has 0 amide bonds. The number of rotatable bonds is 5. The number of aliphatic carboxylic acids is 1. The van der Waals surface area contributed by atoms with Crippen LogP contribution in [0.1, 0.15) is 26.7 Å². The van der Waals surface area contributed by atoms with Gasteiger partial charge < -0.3 is 10.0 Å². The highest BCUT2D eigenvalue weighted by molar-refractivity contribution is 5.69. The van der Waals surface area contributed by atoms with Crippen molar-refractivity contribution in [2.45, 2.75) is 38.8 Å². The van der Waals surface area contributed by atoms with Crippen LogP contribution in [0.2, 0.25) is 0 Å². The lowest BCUT2D eigenvalue weighted by Gasteiger charge is -2.30. The van der Waals surface area contributed by atoms with Gasteiger partial charge in [0.25, 0.3) is 0 Å². The first-order valence-corrected chi connectivity index (χ1v) is 5.66. The number of likely N-dealkylation sites (N-methyl/N-ethyl adjacent to an activating group) is 1. The number of likely N-dealkylation sites (tertiary alicyclic amines) is 1. The van der Waals surface area contributed by atoms with Gasteiger partial charge in [-0.25, -0.2) is 0 Å². The largest absolute Gasteiger partial charge is 0.480 e. The molecule has 1 aliphatic heterocycles. The van der Waals surface area contributed by atoms with E-state index in [1.807, 2.05) is 4.90 Å². The molecule has 1 heterocycles. The highest BCUT2D eigenvalue weighted by atomic mass is 16.4. The third kappa shape index (κ3) is 3.80. The molecular formula is C11H22N2O2. The molecule has 0 bridgehead atoms. The van der Waals surface area contributed by atoms with E-state index in [9.17, 15) is 4.79 Å². The average Bonchev–Trinajstić information content (AvgIpc) is 2.50. The van der Waals surface area contributed by atoms with E-state index < -0.39 is 5.97 Å². The van der Waals surface area contributed by atoms with Gasteiger partial charge in [0.1, 0.15) is 0 Å². The SMILES string of the molecule is CC(C)N(CC(=O)O)C[C@H]1CCCN1C. The second kappa shape index (κ2) is 5.47. The lowest BCUT2D eigenvalue weighted by molar-refractivity contribution is -0.139. The van der Waals surface area contributed by atoms with Crippen LogP contribution >= 0.6 is 0 Å². The van der Waals surface area contributed by atoms with E-state index in [1.165, 1.54) is 12.8 Å². The van der Waals surface area contributed by atoms with Crippen molar-refractivity contribution in [3.63, 3.8) is 0 Å². The Hall–Kier alpha value is -0.610. The standard InChI is InChI=1S/C11H22N2O2/c1-9(2)13(8-11(14)15)7-10-5-4-6-12(10)3/h9-10H,4-8H2,1-3H3,(H,14,15)/t10-/m1/s1. The zero-order valence-corrected chi connectivity index (χ0v) is 9.94. The van der Waals surface area contributed by atoms with Gasteiger partial charge in [-0.2, -0.15) is 0 Å². The Morgan fingerprint density at radius 1 is 1.60 bits per heavy atom. The molecular weight excluding hydrogens is 192 g/mol. The minimum absolute atomic E-state index is 0.155. The summed E-state index contributed by atoms with van der Waals surface area (Å²) < 4.78 is 0. The molecule has 0 aromatic carbocycles. The van der Waals surface area contributed by atoms with Crippen LogP contribution in [0.5, 0.6) is 0 Å². The van der Waals surface area contributed by atoms with Gasteiger partial charge in [-0.1, -0.05) is 0 Å². The molecule has 4 nitrogen and oxygen atoms in total. The fourth-order valence-corrected chi connectivity index (χ4v) is 2.11.